The lowest BCUT2D eigenvalue weighted by atomic mass is 9.72. The summed E-state index contributed by atoms with van der Waals surface area (Å²) in [7, 11) is -3.05. The summed E-state index contributed by atoms with van der Waals surface area (Å²) in [6, 6.07) is 14.8. The minimum absolute atomic E-state index is 0. The van der Waals surface area contributed by atoms with Gasteiger partial charge in [-0.25, -0.2) is 17.1 Å². The van der Waals surface area contributed by atoms with Crippen molar-refractivity contribution in [2.45, 2.75) is 62.1 Å². The molecule has 3 aromatic carbocycles. The molecule has 8 nitrogen and oxygen atoms in total. The Bertz CT molecular complexity index is 1590. The maximum absolute atomic E-state index is 15.7. The van der Waals surface area contributed by atoms with Gasteiger partial charge >= 0.3 is 0 Å². The van der Waals surface area contributed by atoms with Crippen molar-refractivity contribution in [3.8, 4) is 11.5 Å². The van der Waals surface area contributed by atoms with E-state index < -0.39 is 27.2 Å². The molecule has 0 bridgehead atoms. The number of hydrogen-bond donors (Lipinski definition) is 1. The highest BCUT2D eigenvalue weighted by atomic mass is 35.5. The van der Waals surface area contributed by atoms with E-state index >= 15 is 4.39 Å². The lowest BCUT2D eigenvalue weighted by Gasteiger charge is -2.31. The molecule has 0 spiro atoms. The van der Waals surface area contributed by atoms with E-state index in [9.17, 15) is 13.2 Å². The first-order valence-electron chi connectivity index (χ1n) is 14.0. The van der Waals surface area contributed by atoms with Crippen LogP contribution in [0.25, 0.3) is 0 Å². The molecular formula is C31H36Cl2FN3O5S. The van der Waals surface area contributed by atoms with Crippen LogP contribution in [0.5, 0.6) is 11.5 Å². The molecule has 1 saturated heterocycles. The molecule has 1 amide bonds. The zero-order valence-electron chi connectivity index (χ0n) is 24.3. The number of likely N-dealkylation sites (tertiary alicyclic amines) is 1. The van der Waals surface area contributed by atoms with E-state index in [1.54, 1.807) is 18.2 Å². The molecule has 2 aliphatic rings. The van der Waals surface area contributed by atoms with E-state index in [1.165, 1.54) is 49.6 Å². The van der Waals surface area contributed by atoms with Crippen LogP contribution in [0.2, 0.25) is 5.02 Å². The molecular weight excluding hydrogens is 616 g/mol. The first kappa shape index (κ1) is 33.0. The minimum Gasteiger partial charge on any atom is -0.495 e. The normalized spacial score (nSPS) is 20.3. The Balaban J connectivity index is 0.00000423. The number of ether oxygens (including phenoxy) is 2. The second kappa shape index (κ2) is 13.0. The smallest absolute Gasteiger partial charge is 0.270 e. The number of nitrogens with two attached hydrogens (primary N) is 1. The van der Waals surface area contributed by atoms with Crippen LogP contribution in [-0.4, -0.2) is 51.7 Å². The third kappa shape index (κ3) is 5.95. The van der Waals surface area contributed by atoms with Gasteiger partial charge < -0.3 is 15.2 Å². The molecule has 12 heteroatoms. The fourth-order valence-electron chi connectivity index (χ4n) is 6.03. The highest BCUT2D eigenvalue weighted by Gasteiger charge is 2.57. The van der Waals surface area contributed by atoms with Gasteiger partial charge in [0.1, 0.15) is 22.7 Å². The van der Waals surface area contributed by atoms with Crippen LogP contribution in [0.4, 0.5) is 10.1 Å². The van der Waals surface area contributed by atoms with E-state index in [-0.39, 0.29) is 58.0 Å². The first-order valence-corrected chi connectivity index (χ1v) is 15.8. The Labute approximate surface area is 263 Å². The number of hydrogen-bond acceptors (Lipinski definition) is 7. The van der Waals surface area contributed by atoms with Gasteiger partial charge in [-0.15, -0.1) is 12.4 Å². The van der Waals surface area contributed by atoms with Crippen LogP contribution in [0.15, 0.2) is 65.6 Å². The summed E-state index contributed by atoms with van der Waals surface area (Å²) in [4.78, 5) is 16.7. The van der Waals surface area contributed by atoms with Crippen molar-refractivity contribution in [2.24, 2.45) is 5.73 Å². The zero-order chi connectivity index (χ0) is 30.2. The summed E-state index contributed by atoms with van der Waals surface area (Å²) in [6.45, 7) is 5.14. The molecule has 43 heavy (non-hydrogen) atoms. The predicted octanol–water partition coefficient (Wildman–Crippen LogP) is 5.88. The molecule has 232 valence electrons. The van der Waals surface area contributed by atoms with Crippen LogP contribution < -0.4 is 19.5 Å². The summed E-state index contributed by atoms with van der Waals surface area (Å²) in [6.07, 6.45) is 2.27. The molecule has 1 fully saturated rings. The largest absolute Gasteiger partial charge is 0.495 e. The maximum atomic E-state index is 15.7. The second-order valence-corrected chi connectivity index (χ2v) is 13.1. The molecule has 2 heterocycles. The van der Waals surface area contributed by atoms with Crippen LogP contribution >= 0.6 is 24.0 Å². The summed E-state index contributed by atoms with van der Waals surface area (Å²) in [5, 5.41) is 0.181. The van der Waals surface area contributed by atoms with Crippen LogP contribution in [0.1, 0.15) is 50.7 Å². The van der Waals surface area contributed by atoms with Gasteiger partial charge in [-0.05, 0) is 94.6 Å². The standard InChI is InChI=1S/C31H35ClFN3O5S.ClH/c1-20(2)41-21-11-13-22(14-12-21)42(38,39)36-27-19-28(40-3)25(32)18-24(27)31(30(36)37,23-8-4-5-9-26(23)33)15-7-17-35-16-6-10-29(35)34;/h4-5,8-9,11-14,18-20,29H,6-7,10,15-17,34H2,1-3H3;1H. The highest BCUT2D eigenvalue weighted by Crippen LogP contribution is 2.53. The molecule has 0 aliphatic carbocycles. The number of benzene rings is 3. The molecule has 2 N–H and O–H groups in total. The Morgan fingerprint density at radius 2 is 1.81 bits per heavy atom. The number of nitrogens with zero attached hydrogens (tertiary/aromatic N) is 2. The fourth-order valence-corrected chi connectivity index (χ4v) is 7.75. The van der Waals surface area contributed by atoms with E-state index in [4.69, 9.17) is 26.8 Å². The van der Waals surface area contributed by atoms with Gasteiger partial charge in [0.15, 0.2) is 0 Å². The van der Waals surface area contributed by atoms with Crippen molar-refractivity contribution in [1.29, 1.82) is 0 Å². The number of halogens is 3. The SMILES string of the molecule is COc1cc2c(cc1Cl)C(CCCN1CCCC1N)(c1ccccc1F)C(=O)N2S(=O)(=O)c1ccc(OC(C)C)cc1.Cl. The van der Waals surface area contributed by atoms with E-state index in [0.717, 1.165) is 23.7 Å². The van der Waals surface area contributed by atoms with E-state index in [1.807, 2.05) is 13.8 Å². The third-order valence-corrected chi connectivity index (χ3v) is 9.98. The number of fused-ring (bicyclic) bond motifs is 1. The molecule has 5 rings (SSSR count). The first-order chi connectivity index (χ1) is 20.0. The number of amides is 1. The van der Waals surface area contributed by atoms with E-state index in [2.05, 4.69) is 4.90 Å². The van der Waals surface area contributed by atoms with Crippen molar-refractivity contribution in [1.82, 2.24) is 4.90 Å². The van der Waals surface area contributed by atoms with Gasteiger partial charge in [0.05, 0.1) is 35.0 Å². The van der Waals surface area contributed by atoms with Gasteiger partial charge in [0, 0.05) is 11.6 Å². The lowest BCUT2D eigenvalue weighted by molar-refractivity contribution is -0.121. The van der Waals surface area contributed by atoms with Crippen molar-refractivity contribution >= 4 is 45.6 Å². The number of carbonyl (C=O) groups is 1. The summed E-state index contributed by atoms with van der Waals surface area (Å²) in [5.41, 5.74) is 5.05. The number of anilines is 1. The van der Waals surface area contributed by atoms with Crippen molar-refractivity contribution in [3.63, 3.8) is 0 Å². The highest BCUT2D eigenvalue weighted by molar-refractivity contribution is 7.93. The fraction of sp³-hybridized carbons (Fsp3) is 0.387. The quantitative estimate of drug-likeness (QED) is 0.292. The van der Waals surface area contributed by atoms with Gasteiger partial charge in [-0.1, -0.05) is 29.8 Å². The summed E-state index contributed by atoms with van der Waals surface area (Å²) >= 11 is 6.57. The second-order valence-electron chi connectivity index (χ2n) is 11.0. The summed E-state index contributed by atoms with van der Waals surface area (Å²) in [5.74, 6) is -0.709. The Kier molecular flexibility index (Phi) is 9.98. The molecule has 0 aromatic heterocycles. The molecule has 2 aliphatic heterocycles. The number of methoxy groups -OCH3 is 1. The van der Waals surface area contributed by atoms with Crippen LogP contribution in [0, 0.1) is 5.82 Å². The number of rotatable bonds is 10. The Morgan fingerprint density at radius 1 is 1.12 bits per heavy atom. The number of sulfonamides is 1. The Hall–Kier alpha value is -2.89. The molecule has 0 saturated carbocycles. The topological polar surface area (TPSA) is 102 Å². The van der Waals surface area contributed by atoms with Gasteiger partial charge in [-0.2, -0.15) is 0 Å². The van der Waals surface area contributed by atoms with Crippen molar-refractivity contribution < 1.29 is 27.1 Å². The average molecular weight is 653 g/mol. The average Bonchev–Trinajstić information content (AvgIpc) is 3.46. The molecule has 3 aromatic rings. The lowest BCUT2D eigenvalue weighted by Crippen LogP contribution is -2.45. The van der Waals surface area contributed by atoms with Crippen molar-refractivity contribution in [2.75, 3.05) is 24.5 Å². The number of carbonyl (C=O) groups excluding carboxylic acids is 1. The van der Waals surface area contributed by atoms with Gasteiger partial charge in [-0.3, -0.25) is 9.69 Å². The Morgan fingerprint density at radius 3 is 2.42 bits per heavy atom. The monoisotopic (exact) mass is 651 g/mol. The molecule has 2 atom stereocenters. The third-order valence-electron chi connectivity index (χ3n) is 7.98. The predicted molar refractivity (Wildman–Crippen MR) is 167 cm³/mol. The minimum atomic E-state index is -4.45. The van der Waals surface area contributed by atoms with Gasteiger partial charge in [0.2, 0.25) is 0 Å². The van der Waals surface area contributed by atoms with E-state index in [0.29, 0.717) is 24.3 Å². The summed E-state index contributed by atoms with van der Waals surface area (Å²) < 4.78 is 56.0. The van der Waals surface area contributed by atoms with Crippen LogP contribution in [0.3, 0.4) is 0 Å². The maximum Gasteiger partial charge on any atom is 0.270 e. The zero-order valence-corrected chi connectivity index (χ0v) is 26.6. The van der Waals surface area contributed by atoms with Crippen molar-refractivity contribution in [3.05, 3.63) is 82.6 Å². The van der Waals surface area contributed by atoms with Crippen LogP contribution in [-0.2, 0) is 20.2 Å². The molecule has 2 unspecified atom stereocenters. The molecule has 0 radical (unpaired) electrons. The van der Waals surface area contributed by atoms with Gasteiger partial charge in [0.25, 0.3) is 15.9 Å².